The lowest BCUT2D eigenvalue weighted by atomic mass is 10.1. The molecular formula is C16H16BrNO3. The van der Waals surface area contributed by atoms with E-state index in [0.29, 0.717) is 30.2 Å². The Bertz CT molecular complexity index is 643. The number of nitrogen functional groups attached to an aromatic ring is 1. The average molecular weight is 350 g/mol. The molecule has 2 aromatic rings. The van der Waals surface area contributed by atoms with Crippen LogP contribution in [0.5, 0.6) is 11.5 Å². The van der Waals surface area contributed by atoms with E-state index in [4.69, 9.17) is 15.2 Å². The van der Waals surface area contributed by atoms with E-state index in [1.165, 1.54) is 6.92 Å². The maximum atomic E-state index is 11.5. The fourth-order valence-corrected chi connectivity index (χ4v) is 2.19. The van der Waals surface area contributed by atoms with Gasteiger partial charge in [0.05, 0.1) is 5.56 Å². The number of ketones is 1. The van der Waals surface area contributed by atoms with Crippen molar-refractivity contribution in [3.8, 4) is 11.5 Å². The number of benzene rings is 2. The van der Waals surface area contributed by atoms with Gasteiger partial charge in [-0.05, 0) is 43.3 Å². The third-order valence-corrected chi connectivity index (χ3v) is 3.28. The Morgan fingerprint density at radius 2 is 1.90 bits per heavy atom. The van der Waals surface area contributed by atoms with Crippen molar-refractivity contribution >= 4 is 27.4 Å². The van der Waals surface area contributed by atoms with E-state index < -0.39 is 0 Å². The van der Waals surface area contributed by atoms with Crippen LogP contribution in [0.1, 0.15) is 17.3 Å². The molecule has 5 heteroatoms. The van der Waals surface area contributed by atoms with Gasteiger partial charge in [0.1, 0.15) is 24.7 Å². The molecule has 0 saturated heterocycles. The third-order valence-electron chi connectivity index (χ3n) is 2.79. The molecule has 0 bridgehead atoms. The van der Waals surface area contributed by atoms with Gasteiger partial charge in [-0.3, -0.25) is 4.79 Å². The number of Topliss-reactive ketones (excluding diaryl/α,β-unsaturated/α-hetero) is 1. The topological polar surface area (TPSA) is 61.6 Å². The van der Waals surface area contributed by atoms with E-state index in [2.05, 4.69) is 15.9 Å². The highest BCUT2D eigenvalue weighted by molar-refractivity contribution is 9.10. The quantitative estimate of drug-likeness (QED) is 0.490. The molecule has 0 saturated carbocycles. The molecule has 2 aromatic carbocycles. The maximum Gasteiger partial charge on any atom is 0.163 e. The van der Waals surface area contributed by atoms with E-state index in [0.717, 1.165) is 10.2 Å². The fourth-order valence-electron chi connectivity index (χ4n) is 1.82. The standard InChI is InChI=1S/C16H16BrNO3/c1-11(19)15-10-13(18)5-6-16(15)21-8-7-20-14-4-2-3-12(17)9-14/h2-6,9-10H,7-8,18H2,1H3. The van der Waals surface area contributed by atoms with Crippen molar-refractivity contribution in [2.75, 3.05) is 18.9 Å². The second-order valence-corrected chi connectivity index (χ2v) is 5.38. The molecule has 0 unspecified atom stereocenters. The maximum absolute atomic E-state index is 11.5. The molecule has 4 nitrogen and oxygen atoms in total. The van der Waals surface area contributed by atoms with Crippen molar-refractivity contribution in [1.82, 2.24) is 0 Å². The van der Waals surface area contributed by atoms with Gasteiger partial charge in [0.2, 0.25) is 0 Å². The molecule has 2 N–H and O–H groups in total. The predicted octanol–water partition coefficient (Wildman–Crippen LogP) is 3.69. The van der Waals surface area contributed by atoms with Gasteiger partial charge in [0, 0.05) is 10.2 Å². The summed E-state index contributed by atoms with van der Waals surface area (Å²) in [6.07, 6.45) is 0. The van der Waals surface area contributed by atoms with Crippen molar-refractivity contribution in [1.29, 1.82) is 0 Å². The van der Waals surface area contributed by atoms with Gasteiger partial charge in [-0.25, -0.2) is 0 Å². The smallest absolute Gasteiger partial charge is 0.163 e. The molecule has 0 amide bonds. The van der Waals surface area contributed by atoms with Crippen LogP contribution < -0.4 is 15.2 Å². The summed E-state index contributed by atoms with van der Waals surface area (Å²) in [6.45, 7) is 2.22. The number of hydrogen-bond donors (Lipinski definition) is 1. The van der Waals surface area contributed by atoms with Crippen LogP contribution in [-0.2, 0) is 0 Å². The number of ether oxygens (including phenoxy) is 2. The van der Waals surface area contributed by atoms with E-state index in [9.17, 15) is 4.79 Å². The Labute approximate surface area is 132 Å². The number of halogens is 1. The minimum absolute atomic E-state index is 0.0785. The molecule has 2 rings (SSSR count). The van der Waals surface area contributed by atoms with Gasteiger partial charge in [-0.15, -0.1) is 0 Å². The van der Waals surface area contributed by atoms with Gasteiger partial charge >= 0.3 is 0 Å². The van der Waals surface area contributed by atoms with Gasteiger partial charge in [0.25, 0.3) is 0 Å². The lowest BCUT2D eigenvalue weighted by Gasteiger charge is -2.11. The average Bonchev–Trinajstić information content (AvgIpc) is 2.44. The van der Waals surface area contributed by atoms with Crippen LogP contribution in [0.25, 0.3) is 0 Å². The predicted molar refractivity (Wildman–Crippen MR) is 86.0 cm³/mol. The van der Waals surface area contributed by atoms with Gasteiger partial charge in [-0.1, -0.05) is 22.0 Å². The second-order valence-electron chi connectivity index (χ2n) is 4.47. The zero-order valence-electron chi connectivity index (χ0n) is 11.6. The number of rotatable bonds is 6. The minimum atomic E-state index is -0.0785. The molecule has 0 aliphatic rings. The van der Waals surface area contributed by atoms with Crippen LogP contribution in [-0.4, -0.2) is 19.0 Å². The highest BCUT2D eigenvalue weighted by atomic mass is 79.9. The summed E-state index contributed by atoms with van der Waals surface area (Å²) in [7, 11) is 0. The van der Waals surface area contributed by atoms with E-state index in [-0.39, 0.29) is 5.78 Å². The summed E-state index contributed by atoms with van der Waals surface area (Å²) in [4.78, 5) is 11.5. The number of carbonyl (C=O) groups excluding carboxylic acids is 1. The number of carbonyl (C=O) groups is 1. The molecular weight excluding hydrogens is 334 g/mol. The van der Waals surface area contributed by atoms with E-state index >= 15 is 0 Å². The van der Waals surface area contributed by atoms with Crippen LogP contribution in [0.4, 0.5) is 5.69 Å². The summed E-state index contributed by atoms with van der Waals surface area (Å²) in [6, 6.07) is 12.6. The Balaban J connectivity index is 1.90. The normalized spacial score (nSPS) is 10.2. The Kier molecular flexibility index (Phi) is 5.22. The number of nitrogens with two attached hydrogens (primary N) is 1. The van der Waals surface area contributed by atoms with Crippen LogP contribution in [0.2, 0.25) is 0 Å². The largest absolute Gasteiger partial charge is 0.490 e. The lowest BCUT2D eigenvalue weighted by molar-refractivity contribution is 0.101. The van der Waals surface area contributed by atoms with Crippen LogP contribution in [0.3, 0.4) is 0 Å². The first-order valence-corrected chi connectivity index (χ1v) is 7.27. The molecule has 0 aliphatic carbocycles. The second kappa shape index (κ2) is 7.13. The molecule has 0 spiro atoms. The van der Waals surface area contributed by atoms with E-state index in [1.54, 1.807) is 18.2 Å². The monoisotopic (exact) mass is 349 g/mol. The van der Waals surface area contributed by atoms with Crippen molar-refractivity contribution < 1.29 is 14.3 Å². The summed E-state index contributed by atoms with van der Waals surface area (Å²) in [5.74, 6) is 1.21. The first kappa shape index (κ1) is 15.4. The molecule has 0 heterocycles. The van der Waals surface area contributed by atoms with Gasteiger partial charge in [-0.2, -0.15) is 0 Å². The fraction of sp³-hybridized carbons (Fsp3) is 0.188. The Hall–Kier alpha value is -2.01. The van der Waals surface area contributed by atoms with Crippen molar-refractivity contribution in [2.45, 2.75) is 6.92 Å². The summed E-state index contributed by atoms with van der Waals surface area (Å²) < 4.78 is 12.1. The molecule has 21 heavy (non-hydrogen) atoms. The molecule has 0 radical (unpaired) electrons. The molecule has 0 aromatic heterocycles. The molecule has 0 atom stereocenters. The zero-order chi connectivity index (χ0) is 15.2. The van der Waals surface area contributed by atoms with Crippen LogP contribution in [0.15, 0.2) is 46.9 Å². The first-order chi connectivity index (χ1) is 10.1. The summed E-state index contributed by atoms with van der Waals surface area (Å²) in [5.41, 5.74) is 6.70. The first-order valence-electron chi connectivity index (χ1n) is 6.48. The van der Waals surface area contributed by atoms with Crippen LogP contribution >= 0.6 is 15.9 Å². The summed E-state index contributed by atoms with van der Waals surface area (Å²) >= 11 is 3.38. The van der Waals surface area contributed by atoms with E-state index in [1.807, 2.05) is 24.3 Å². The highest BCUT2D eigenvalue weighted by Crippen LogP contribution is 2.22. The molecule has 0 fully saturated rings. The minimum Gasteiger partial charge on any atom is -0.490 e. The van der Waals surface area contributed by atoms with Gasteiger partial charge < -0.3 is 15.2 Å². The third kappa shape index (κ3) is 4.49. The molecule has 110 valence electrons. The van der Waals surface area contributed by atoms with Crippen LogP contribution in [0, 0.1) is 0 Å². The number of anilines is 1. The Morgan fingerprint density at radius 1 is 1.14 bits per heavy atom. The van der Waals surface area contributed by atoms with Gasteiger partial charge in [0.15, 0.2) is 5.78 Å². The highest BCUT2D eigenvalue weighted by Gasteiger charge is 2.09. The molecule has 0 aliphatic heterocycles. The van der Waals surface area contributed by atoms with Crippen molar-refractivity contribution in [3.63, 3.8) is 0 Å². The lowest BCUT2D eigenvalue weighted by Crippen LogP contribution is -2.11. The van der Waals surface area contributed by atoms with Crippen molar-refractivity contribution in [2.24, 2.45) is 0 Å². The zero-order valence-corrected chi connectivity index (χ0v) is 13.2. The number of hydrogen-bond acceptors (Lipinski definition) is 4. The summed E-state index contributed by atoms with van der Waals surface area (Å²) in [5, 5.41) is 0. The SMILES string of the molecule is CC(=O)c1cc(N)ccc1OCCOc1cccc(Br)c1. The van der Waals surface area contributed by atoms with Crippen molar-refractivity contribution in [3.05, 3.63) is 52.5 Å². The Morgan fingerprint density at radius 3 is 2.62 bits per heavy atom.